The van der Waals surface area contributed by atoms with Crippen LogP contribution in [-0.4, -0.2) is 37.4 Å². The van der Waals surface area contributed by atoms with Gasteiger partial charge in [-0.3, -0.25) is 19.7 Å². The van der Waals surface area contributed by atoms with Gasteiger partial charge in [-0.05, 0) is 6.07 Å². The van der Waals surface area contributed by atoms with Gasteiger partial charge in [-0.25, -0.2) is 0 Å². The Morgan fingerprint density at radius 2 is 2.00 bits per heavy atom. The number of carbonyl (C=O) groups is 2. The minimum Gasteiger partial charge on any atom is -0.381 e. The van der Waals surface area contributed by atoms with Gasteiger partial charge in [-0.1, -0.05) is 11.6 Å². The number of rotatable bonds is 5. The first-order valence-corrected chi connectivity index (χ1v) is 5.93. The van der Waals surface area contributed by atoms with Gasteiger partial charge < -0.3 is 16.0 Å². The van der Waals surface area contributed by atoms with Crippen molar-refractivity contribution in [2.75, 3.05) is 26.0 Å². The third-order valence-electron chi connectivity index (χ3n) is 2.47. The van der Waals surface area contributed by atoms with E-state index in [2.05, 4.69) is 16.0 Å². The maximum atomic E-state index is 11.8. The van der Waals surface area contributed by atoms with E-state index >= 15 is 0 Å². The maximum Gasteiger partial charge on any atom is 0.294 e. The molecule has 20 heavy (non-hydrogen) atoms. The lowest BCUT2D eigenvalue weighted by Crippen LogP contribution is -2.35. The van der Waals surface area contributed by atoms with Crippen LogP contribution in [0.25, 0.3) is 0 Å². The monoisotopic (exact) mass is 300 g/mol. The lowest BCUT2D eigenvalue weighted by atomic mass is 10.1. The fourth-order valence-corrected chi connectivity index (χ4v) is 1.77. The van der Waals surface area contributed by atoms with Crippen LogP contribution in [0.15, 0.2) is 12.1 Å². The average Bonchev–Trinajstić information content (AvgIpc) is 2.43. The molecule has 3 N–H and O–H groups in total. The van der Waals surface area contributed by atoms with E-state index in [0.29, 0.717) is 0 Å². The molecule has 1 aromatic rings. The molecular weight excluding hydrogens is 288 g/mol. The summed E-state index contributed by atoms with van der Waals surface area (Å²) in [6, 6.07) is 2.39. The lowest BCUT2D eigenvalue weighted by Gasteiger charge is -2.08. The molecule has 0 atom stereocenters. The zero-order valence-electron chi connectivity index (χ0n) is 10.8. The molecule has 0 aromatic heterocycles. The standard InChI is InChI=1S/C11H13ClN4O4/c1-13-9(17)5-15-11(18)6-3-7(12)10(14-2)8(4-6)16(19)20/h3-4,14H,5H2,1-2H3,(H,13,17)(H,15,18). The molecule has 1 rings (SSSR count). The summed E-state index contributed by atoms with van der Waals surface area (Å²) in [5.41, 5.74) is -0.186. The van der Waals surface area contributed by atoms with Crippen LogP contribution in [0.2, 0.25) is 5.02 Å². The summed E-state index contributed by atoms with van der Waals surface area (Å²) < 4.78 is 0. The van der Waals surface area contributed by atoms with Crippen molar-refractivity contribution in [3.05, 3.63) is 32.8 Å². The second kappa shape index (κ2) is 6.71. The number of nitrogens with zero attached hydrogens (tertiary/aromatic N) is 1. The molecule has 9 heteroatoms. The van der Waals surface area contributed by atoms with Crippen molar-refractivity contribution >= 4 is 34.8 Å². The Labute approximate surface area is 119 Å². The first-order valence-electron chi connectivity index (χ1n) is 5.55. The largest absolute Gasteiger partial charge is 0.381 e. The summed E-state index contributed by atoms with van der Waals surface area (Å²) in [7, 11) is 2.91. The van der Waals surface area contributed by atoms with Crippen LogP contribution < -0.4 is 16.0 Å². The number of anilines is 1. The number of benzene rings is 1. The predicted molar refractivity (Wildman–Crippen MR) is 74.1 cm³/mol. The van der Waals surface area contributed by atoms with Crippen LogP contribution in [0.5, 0.6) is 0 Å². The van der Waals surface area contributed by atoms with Crippen molar-refractivity contribution in [3.8, 4) is 0 Å². The van der Waals surface area contributed by atoms with Gasteiger partial charge in [0, 0.05) is 25.7 Å². The van der Waals surface area contributed by atoms with Crippen molar-refractivity contribution in [3.63, 3.8) is 0 Å². The van der Waals surface area contributed by atoms with Crippen LogP contribution in [0.1, 0.15) is 10.4 Å². The molecule has 0 saturated carbocycles. The lowest BCUT2D eigenvalue weighted by molar-refractivity contribution is -0.383. The topological polar surface area (TPSA) is 113 Å². The fourth-order valence-electron chi connectivity index (χ4n) is 1.47. The molecular formula is C11H13ClN4O4. The number of hydrogen-bond donors (Lipinski definition) is 3. The first kappa shape index (κ1) is 15.7. The van der Waals surface area contributed by atoms with Crippen molar-refractivity contribution in [2.24, 2.45) is 0 Å². The second-order valence-corrected chi connectivity index (χ2v) is 4.12. The van der Waals surface area contributed by atoms with Crippen molar-refractivity contribution in [1.82, 2.24) is 10.6 Å². The van der Waals surface area contributed by atoms with Gasteiger partial charge in [0.05, 0.1) is 16.5 Å². The molecule has 0 aliphatic heterocycles. The normalized spacial score (nSPS) is 9.75. The highest BCUT2D eigenvalue weighted by Crippen LogP contribution is 2.33. The summed E-state index contributed by atoms with van der Waals surface area (Å²) in [4.78, 5) is 33.1. The van der Waals surface area contributed by atoms with Gasteiger partial charge >= 0.3 is 0 Å². The van der Waals surface area contributed by atoms with Crippen LogP contribution in [0, 0.1) is 10.1 Å². The van der Waals surface area contributed by atoms with Crippen LogP contribution in [0.3, 0.4) is 0 Å². The summed E-state index contributed by atoms with van der Waals surface area (Å²) in [5.74, 6) is -1.01. The van der Waals surface area contributed by atoms with E-state index in [1.165, 1.54) is 20.2 Å². The number of halogens is 1. The molecule has 0 aliphatic carbocycles. The summed E-state index contributed by atoms with van der Waals surface area (Å²) in [5, 5.41) is 18.2. The molecule has 0 heterocycles. The van der Waals surface area contributed by atoms with E-state index < -0.39 is 10.8 Å². The first-order chi connectivity index (χ1) is 9.40. The van der Waals surface area contributed by atoms with Gasteiger partial charge in [0.15, 0.2) is 0 Å². The number of amides is 2. The zero-order valence-corrected chi connectivity index (χ0v) is 11.6. The Kier molecular flexibility index (Phi) is 5.27. The van der Waals surface area contributed by atoms with Crippen molar-refractivity contribution < 1.29 is 14.5 Å². The van der Waals surface area contributed by atoms with E-state index in [4.69, 9.17) is 11.6 Å². The Bertz CT molecular complexity index is 562. The SMILES string of the molecule is CNC(=O)CNC(=O)c1cc(Cl)c(NC)c([N+](=O)[O-])c1. The summed E-state index contributed by atoms with van der Waals surface area (Å²) in [6.07, 6.45) is 0. The number of carbonyl (C=O) groups excluding carboxylic acids is 2. The van der Waals surface area contributed by atoms with Crippen LogP contribution in [-0.2, 0) is 4.79 Å². The second-order valence-electron chi connectivity index (χ2n) is 3.72. The molecule has 1 aromatic carbocycles. The molecule has 2 amide bonds. The highest BCUT2D eigenvalue weighted by atomic mass is 35.5. The van der Waals surface area contributed by atoms with E-state index in [1.54, 1.807) is 0 Å². The smallest absolute Gasteiger partial charge is 0.294 e. The molecule has 0 spiro atoms. The summed E-state index contributed by atoms with van der Waals surface area (Å²) in [6.45, 7) is -0.228. The molecule has 0 radical (unpaired) electrons. The van der Waals surface area contributed by atoms with E-state index in [9.17, 15) is 19.7 Å². The minimum atomic E-state index is -0.646. The van der Waals surface area contributed by atoms with E-state index in [-0.39, 0.29) is 34.4 Å². The highest BCUT2D eigenvalue weighted by molar-refractivity contribution is 6.34. The number of likely N-dealkylation sites (N-methyl/N-ethyl adjacent to an activating group) is 1. The Balaban J connectivity index is 3.05. The third-order valence-corrected chi connectivity index (χ3v) is 2.76. The van der Waals surface area contributed by atoms with Gasteiger partial charge in [0.2, 0.25) is 5.91 Å². The Morgan fingerprint density at radius 1 is 1.35 bits per heavy atom. The maximum absolute atomic E-state index is 11.8. The predicted octanol–water partition coefficient (Wildman–Crippen LogP) is 0.766. The average molecular weight is 301 g/mol. The van der Waals surface area contributed by atoms with Crippen LogP contribution >= 0.6 is 11.6 Å². The molecule has 0 saturated heterocycles. The number of nitro groups is 1. The minimum absolute atomic E-state index is 0.00426. The molecule has 8 nitrogen and oxygen atoms in total. The van der Waals surface area contributed by atoms with Gasteiger partial charge in [0.25, 0.3) is 11.6 Å². The summed E-state index contributed by atoms with van der Waals surface area (Å²) >= 11 is 5.89. The molecule has 108 valence electrons. The highest BCUT2D eigenvalue weighted by Gasteiger charge is 2.20. The Hall–Kier alpha value is -2.35. The van der Waals surface area contributed by atoms with Gasteiger partial charge in [0.1, 0.15) is 5.69 Å². The number of nitrogens with one attached hydrogen (secondary N) is 3. The number of hydrogen-bond acceptors (Lipinski definition) is 5. The third kappa shape index (κ3) is 3.58. The van der Waals surface area contributed by atoms with Gasteiger partial charge in [-0.15, -0.1) is 0 Å². The Morgan fingerprint density at radius 3 is 2.50 bits per heavy atom. The fraction of sp³-hybridized carbons (Fsp3) is 0.273. The van der Waals surface area contributed by atoms with Crippen molar-refractivity contribution in [1.29, 1.82) is 0 Å². The van der Waals surface area contributed by atoms with E-state index in [1.807, 2.05) is 0 Å². The quantitative estimate of drug-likeness (QED) is 0.549. The molecule has 0 aliphatic rings. The van der Waals surface area contributed by atoms with E-state index in [0.717, 1.165) is 6.07 Å². The molecule has 0 unspecified atom stereocenters. The van der Waals surface area contributed by atoms with Crippen LogP contribution in [0.4, 0.5) is 11.4 Å². The number of nitro benzene ring substituents is 1. The zero-order chi connectivity index (χ0) is 15.3. The van der Waals surface area contributed by atoms with Crippen molar-refractivity contribution in [2.45, 2.75) is 0 Å². The molecule has 0 bridgehead atoms. The molecule has 0 fully saturated rings. The van der Waals surface area contributed by atoms with Gasteiger partial charge in [-0.2, -0.15) is 0 Å².